The summed E-state index contributed by atoms with van der Waals surface area (Å²) >= 11 is 0. The van der Waals surface area contributed by atoms with Crippen LogP contribution in [-0.4, -0.2) is 47.7 Å². The molecule has 4 aliphatic heterocycles. The van der Waals surface area contributed by atoms with Crippen LogP contribution in [0.2, 0.25) is 0 Å². The molecule has 1 aromatic carbocycles. The lowest BCUT2D eigenvalue weighted by Gasteiger charge is -2.36. The summed E-state index contributed by atoms with van der Waals surface area (Å²) in [6.45, 7) is 3.53. The van der Waals surface area contributed by atoms with Gasteiger partial charge in [-0.15, -0.1) is 0 Å². The summed E-state index contributed by atoms with van der Waals surface area (Å²) < 4.78 is 5.23. The topological polar surface area (TPSA) is 32.8 Å². The second-order valence-electron chi connectivity index (χ2n) is 6.20. The first-order valence-corrected chi connectivity index (χ1v) is 7.52. The van der Waals surface area contributed by atoms with Gasteiger partial charge >= 0.3 is 6.09 Å². The van der Waals surface area contributed by atoms with Gasteiger partial charge in [0, 0.05) is 25.7 Å². The molecule has 106 valence electrons. The van der Waals surface area contributed by atoms with Crippen LogP contribution >= 0.6 is 0 Å². The van der Waals surface area contributed by atoms with Crippen molar-refractivity contribution in [1.82, 2.24) is 9.80 Å². The van der Waals surface area contributed by atoms with Crippen LogP contribution in [0.4, 0.5) is 4.79 Å². The van der Waals surface area contributed by atoms with E-state index < -0.39 is 0 Å². The minimum Gasteiger partial charge on any atom is -0.447 e. The highest BCUT2D eigenvalue weighted by atomic mass is 16.6. The third kappa shape index (κ3) is 1.99. The molecule has 1 aromatic rings. The molecule has 0 spiro atoms. The average Bonchev–Trinajstić information content (AvgIpc) is 2.68. The molecule has 0 aliphatic carbocycles. The summed E-state index contributed by atoms with van der Waals surface area (Å²) in [4.78, 5) is 16.4. The number of amides is 1. The Balaban J connectivity index is 1.55. The molecule has 0 N–H and O–H groups in total. The van der Waals surface area contributed by atoms with Crippen molar-refractivity contribution in [2.45, 2.75) is 31.5 Å². The monoisotopic (exact) mass is 272 g/mol. The van der Waals surface area contributed by atoms with Crippen molar-refractivity contribution >= 4 is 6.09 Å². The number of rotatable bonds is 2. The van der Waals surface area contributed by atoms with Crippen molar-refractivity contribution in [3.05, 3.63) is 35.9 Å². The number of hydrogen-bond donors (Lipinski definition) is 0. The summed E-state index contributed by atoms with van der Waals surface area (Å²) in [6, 6.07) is 11.4. The third-order valence-electron chi connectivity index (χ3n) is 5.05. The maximum atomic E-state index is 11.8. The molecule has 20 heavy (non-hydrogen) atoms. The average molecular weight is 272 g/mol. The number of carbonyl (C=O) groups excluding carboxylic acids is 1. The molecule has 0 unspecified atom stereocenters. The summed E-state index contributed by atoms with van der Waals surface area (Å²) in [5.41, 5.74) is 1.36. The van der Waals surface area contributed by atoms with E-state index in [1.807, 2.05) is 4.90 Å². The van der Waals surface area contributed by atoms with E-state index in [0.717, 1.165) is 19.6 Å². The third-order valence-corrected chi connectivity index (χ3v) is 5.05. The molecule has 4 aliphatic rings. The number of cyclic esters (lactones) is 1. The Morgan fingerprint density at radius 3 is 2.85 bits per heavy atom. The van der Waals surface area contributed by atoms with E-state index in [1.54, 1.807) is 0 Å². The van der Waals surface area contributed by atoms with Gasteiger partial charge in [0.05, 0.1) is 6.04 Å². The van der Waals surface area contributed by atoms with Gasteiger partial charge in [-0.05, 0) is 24.3 Å². The predicted octanol–water partition coefficient (Wildman–Crippen LogP) is 2.10. The van der Waals surface area contributed by atoms with Crippen molar-refractivity contribution in [2.75, 3.05) is 19.7 Å². The zero-order valence-electron chi connectivity index (χ0n) is 11.6. The van der Waals surface area contributed by atoms with Gasteiger partial charge < -0.3 is 4.74 Å². The van der Waals surface area contributed by atoms with Crippen LogP contribution in [0, 0.1) is 5.92 Å². The summed E-state index contributed by atoms with van der Waals surface area (Å²) in [5.74, 6) is 0.573. The molecule has 2 bridgehead atoms. The Morgan fingerprint density at radius 2 is 2.00 bits per heavy atom. The minimum absolute atomic E-state index is 0.103. The number of ether oxygens (including phenoxy) is 1. The van der Waals surface area contributed by atoms with Gasteiger partial charge in [-0.3, -0.25) is 9.80 Å². The number of piperidine rings is 1. The van der Waals surface area contributed by atoms with E-state index in [1.165, 1.54) is 18.4 Å². The van der Waals surface area contributed by atoms with Crippen LogP contribution in [0.25, 0.3) is 0 Å². The first kappa shape index (κ1) is 12.2. The van der Waals surface area contributed by atoms with Gasteiger partial charge in [-0.25, -0.2) is 4.79 Å². The highest BCUT2D eigenvalue weighted by molar-refractivity contribution is 5.70. The summed E-state index contributed by atoms with van der Waals surface area (Å²) in [7, 11) is 0. The van der Waals surface area contributed by atoms with Crippen LogP contribution < -0.4 is 0 Å². The normalized spacial score (nSPS) is 32.9. The second kappa shape index (κ2) is 4.77. The van der Waals surface area contributed by atoms with Crippen LogP contribution in [0.5, 0.6) is 0 Å². The maximum Gasteiger partial charge on any atom is 0.410 e. The van der Waals surface area contributed by atoms with Gasteiger partial charge in [0.15, 0.2) is 0 Å². The Labute approximate surface area is 119 Å². The first-order valence-electron chi connectivity index (χ1n) is 7.52. The van der Waals surface area contributed by atoms with Crippen molar-refractivity contribution in [2.24, 2.45) is 5.92 Å². The van der Waals surface area contributed by atoms with Gasteiger partial charge in [0.2, 0.25) is 0 Å². The van der Waals surface area contributed by atoms with Gasteiger partial charge in [0.25, 0.3) is 0 Å². The Morgan fingerprint density at radius 1 is 1.15 bits per heavy atom. The SMILES string of the molecule is O=C1OC[C@@H]2[C@@H]3CC[C@H](CN12)N(Cc1ccccc1)C3. The number of fused-ring (bicyclic) bond motifs is 2. The fraction of sp³-hybridized carbons (Fsp3) is 0.562. The zero-order valence-corrected chi connectivity index (χ0v) is 11.6. The second-order valence-corrected chi connectivity index (χ2v) is 6.20. The van der Waals surface area contributed by atoms with Crippen molar-refractivity contribution in [3.8, 4) is 0 Å². The van der Waals surface area contributed by atoms with E-state index in [4.69, 9.17) is 4.74 Å². The Hall–Kier alpha value is -1.55. The maximum absolute atomic E-state index is 11.8. The molecular formula is C16H20N2O2. The molecule has 5 rings (SSSR count). The molecule has 1 amide bonds. The molecule has 4 heterocycles. The highest BCUT2D eigenvalue weighted by Gasteiger charge is 2.46. The lowest BCUT2D eigenvalue weighted by Crippen LogP contribution is -2.44. The van der Waals surface area contributed by atoms with Crippen LogP contribution in [0.15, 0.2) is 30.3 Å². The van der Waals surface area contributed by atoms with Crippen molar-refractivity contribution in [1.29, 1.82) is 0 Å². The Bertz CT molecular complexity index is 504. The zero-order chi connectivity index (χ0) is 13.5. The molecular weight excluding hydrogens is 252 g/mol. The quantitative estimate of drug-likeness (QED) is 0.826. The van der Waals surface area contributed by atoms with E-state index in [2.05, 4.69) is 35.2 Å². The predicted molar refractivity (Wildman–Crippen MR) is 75.2 cm³/mol. The van der Waals surface area contributed by atoms with Gasteiger partial charge in [-0.1, -0.05) is 30.3 Å². The summed E-state index contributed by atoms with van der Waals surface area (Å²) in [5, 5.41) is 0. The number of carbonyl (C=O) groups is 1. The van der Waals surface area contributed by atoms with Crippen molar-refractivity contribution in [3.63, 3.8) is 0 Å². The van der Waals surface area contributed by atoms with Gasteiger partial charge in [0.1, 0.15) is 6.61 Å². The fourth-order valence-electron chi connectivity index (χ4n) is 3.96. The molecule has 0 aromatic heterocycles. The van der Waals surface area contributed by atoms with E-state index in [-0.39, 0.29) is 6.09 Å². The van der Waals surface area contributed by atoms with Crippen molar-refractivity contribution < 1.29 is 9.53 Å². The van der Waals surface area contributed by atoms with E-state index >= 15 is 0 Å². The van der Waals surface area contributed by atoms with E-state index in [9.17, 15) is 4.79 Å². The standard InChI is InChI=1S/C16H20N2O2/c19-16-18-10-14-7-6-13(15(18)11-20-16)9-17(14)8-12-4-2-1-3-5-12/h1-5,13-15H,6-11H2/t13-,14-,15-/m1/s1. The minimum atomic E-state index is -0.103. The molecule has 4 saturated heterocycles. The van der Waals surface area contributed by atoms with E-state index in [0.29, 0.717) is 24.6 Å². The highest BCUT2D eigenvalue weighted by Crippen LogP contribution is 2.35. The molecule has 3 atom stereocenters. The first-order chi connectivity index (χ1) is 9.81. The van der Waals surface area contributed by atoms with Crippen LogP contribution in [-0.2, 0) is 11.3 Å². The smallest absolute Gasteiger partial charge is 0.410 e. The Kier molecular flexibility index (Phi) is 2.91. The molecule has 0 saturated carbocycles. The largest absolute Gasteiger partial charge is 0.447 e. The lowest BCUT2D eigenvalue weighted by molar-refractivity contribution is 0.104. The number of nitrogens with zero attached hydrogens (tertiary/aromatic N) is 2. The molecule has 4 fully saturated rings. The summed E-state index contributed by atoms with van der Waals surface area (Å²) in [6.07, 6.45) is 2.33. The fourth-order valence-corrected chi connectivity index (χ4v) is 3.96. The molecule has 0 radical (unpaired) electrons. The lowest BCUT2D eigenvalue weighted by atomic mass is 9.90. The number of benzene rings is 1. The number of hydrogen-bond acceptors (Lipinski definition) is 3. The molecule has 4 nitrogen and oxygen atoms in total. The van der Waals surface area contributed by atoms with Crippen LogP contribution in [0.3, 0.4) is 0 Å². The van der Waals surface area contributed by atoms with Gasteiger partial charge in [-0.2, -0.15) is 0 Å². The molecule has 4 heteroatoms. The van der Waals surface area contributed by atoms with Crippen LogP contribution in [0.1, 0.15) is 18.4 Å².